The molecule has 0 N–H and O–H groups in total. The second kappa shape index (κ2) is 11.5. The van der Waals surface area contributed by atoms with Gasteiger partial charge in [-0.3, -0.25) is 4.90 Å². The molecular weight excluding hydrogens is 311 g/mol. The molecule has 0 saturated heterocycles. The third kappa shape index (κ3) is 9.21. The summed E-state index contributed by atoms with van der Waals surface area (Å²) < 4.78 is 1.11. The molecule has 0 radical (unpaired) electrons. The van der Waals surface area contributed by atoms with E-state index in [0.29, 0.717) is 0 Å². The van der Waals surface area contributed by atoms with Gasteiger partial charge in [0.1, 0.15) is 0 Å². The van der Waals surface area contributed by atoms with Crippen LogP contribution in [0.2, 0.25) is 0 Å². The third-order valence-corrected chi connectivity index (χ3v) is 3.56. The van der Waals surface area contributed by atoms with Crippen LogP contribution in [-0.4, -0.2) is 34.5 Å². The Bertz CT molecular complexity index is 192. The zero-order valence-electron chi connectivity index (χ0n) is 10.7. The van der Waals surface area contributed by atoms with Crippen LogP contribution in [-0.2, 0) is 0 Å². The maximum absolute atomic E-state index is 3.83. The first kappa shape index (κ1) is 16.0. The topological polar surface area (TPSA) is 6.48 Å². The van der Waals surface area contributed by atoms with Crippen molar-refractivity contribution in [1.82, 2.24) is 9.80 Å². The van der Waals surface area contributed by atoms with Gasteiger partial charge in [0.15, 0.2) is 0 Å². The van der Waals surface area contributed by atoms with Gasteiger partial charge in [0, 0.05) is 6.54 Å². The lowest BCUT2D eigenvalue weighted by Gasteiger charge is -2.16. The molecule has 0 spiro atoms. The van der Waals surface area contributed by atoms with Crippen molar-refractivity contribution in [2.75, 3.05) is 24.7 Å². The van der Waals surface area contributed by atoms with Crippen LogP contribution in [0.5, 0.6) is 0 Å². The average molecular weight is 336 g/mol. The second-order valence-electron chi connectivity index (χ2n) is 4.00. The fourth-order valence-electron chi connectivity index (χ4n) is 1.34. The highest BCUT2D eigenvalue weighted by Gasteiger charge is 1.97. The van der Waals surface area contributed by atoms with Crippen molar-refractivity contribution in [3.63, 3.8) is 0 Å². The Kier molecular flexibility index (Phi) is 11.4. The van der Waals surface area contributed by atoms with Gasteiger partial charge in [0.25, 0.3) is 0 Å². The van der Waals surface area contributed by atoms with E-state index >= 15 is 0 Å². The molecule has 0 aromatic heterocycles. The molecule has 2 nitrogen and oxygen atoms in total. The molecule has 0 atom stereocenters. The monoisotopic (exact) mass is 336 g/mol. The Morgan fingerprint density at radius 1 is 1.25 bits per heavy atom. The summed E-state index contributed by atoms with van der Waals surface area (Å²) in [5, 5.41) is 0. The van der Waals surface area contributed by atoms with Crippen molar-refractivity contribution in [2.45, 2.75) is 32.6 Å². The second-order valence-corrected chi connectivity index (χ2v) is 4.68. The first-order chi connectivity index (χ1) is 7.74. The average Bonchev–Trinajstić information content (AvgIpc) is 2.31. The molecule has 0 aliphatic rings. The van der Waals surface area contributed by atoms with E-state index in [2.05, 4.69) is 65.2 Å². The lowest BCUT2D eigenvalue weighted by atomic mass is 10.3. The molecule has 0 bridgehead atoms. The van der Waals surface area contributed by atoms with Gasteiger partial charge in [-0.15, -0.1) is 0 Å². The fourth-order valence-corrected chi connectivity index (χ4v) is 1.68. The first-order valence-electron chi connectivity index (χ1n) is 6.04. The summed E-state index contributed by atoms with van der Waals surface area (Å²) in [5.74, 6) is 0. The van der Waals surface area contributed by atoms with E-state index in [1.807, 2.05) is 6.20 Å². The smallest absolute Gasteiger partial charge is 0.0502 e. The first-order valence-corrected chi connectivity index (χ1v) is 7.56. The van der Waals surface area contributed by atoms with Gasteiger partial charge in [-0.05, 0) is 45.3 Å². The van der Waals surface area contributed by atoms with Crippen molar-refractivity contribution in [3.05, 3.63) is 25.1 Å². The number of halogens is 1. The van der Waals surface area contributed by atoms with E-state index < -0.39 is 0 Å². The molecule has 16 heavy (non-hydrogen) atoms. The Balaban J connectivity index is 3.59. The largest absolute Gasteiger partial charge is 0.355 e. The van der Waals surface area contributed by atoms with Gasteiger partial charge in [0.05, 0.1) is 4.55 Å². The number of allylic oxidation sites excluding steroid dienone is 1. The van der Waals surface area contributed by atoms with Crippen molar-refractivity contribution in [1.29, 1.82) is 0 Å². The molecule has 0 amide bonds. The van der Waals surface area contributed by atoms with E-state index in [-0.39, 0.29) is 0 Å². The van der Waals surface area contributed by atoms with Crippen molar-refractivity contribution < 1.29 is 0 Å². The molecule has 0 aliphatic heterocycles. The molecule has 0 aromatic rings. The molecule has 0 unspecified atom stereocenters. The van der Waals surface area contributed by atoms with E-state index in [4.69, 9.17) is 0 Å². The number of alkyl halides is 1. The SMILES string of the molecule is C=CN(/C=C\CCC)CCCCN(C)CI. The highest BCUT2D eigenvalue weighted by atomic mass is 127. The fraction of sp³-hybridized carbons (Fsp3) is 0.692. The zero-order valence-corrected chi connectivity index (χ0v) is 12.8. The highest BCUT2D eigenvalue weighted by molar-refractivity contribution is 14.1. The number of unbranched alkanes of at least 4 members (excludes halogenated alkanes) is 2. The molecule has 94 valence electrons. The van der Waals surface area contributed by atoms with Crippen LogP contribution < -0.4 is 0 Å². The molecule has 3 heteroatoms. The maximum atomic E-state index is 3.83. The summed E-state index contributed by atoms with van der Waals surface area (Å²) in [5.41, 5.74) is 0. The Hall–Kier alpha value is -0.0300. The minimum Gasteiger partial charge on any atom is -0.355 e. The highest BCUT2D eigenvalue weighted by Crippen LogP contribution is 2.01. The Morgan fingerprint density at radius 3 is 2.50 bits per heavy atom. The molecular formula is C13H25IN2. The zero-order chi connectivity index (χ0) is 12.2. The van der Waals surface area contributed by atoms with Crippen LogP contribution in [0.3, 0.4) is 0 Å². The molecule has 0 saturated carbocycles. The van der Waals surface area contributed by atoms with Crippen molar-refractivity contribution >= 4 is 22.6 Å². The molecule has 0 heterocycles. The van der Waals surface area contributed by atoms with E-state index in [1.165, 1.54) is 25.8 Å². The van der Waals surface area contributed by atoms with Crippen LogP contribution in [0.25, 0.3) is 0 Å². The molecule has 0 aromatic carbocycles. The number of nitrogens with zero attached hydrogens (tertiary/aromatic N) is 2. The lowest BCUT2D eigenvalue weighted by Crippen LogP contribution is -2.19. The summed E-state index contributed by atoms with van der Waals surface area (Å²) in [6.07, 6.45) is 11.1. The normalized spacial score (nSPS) is 11.2. The molecule has 0 rings (SSSR count). The van der Waals surface area contributed by atoms with E-state index in [0.717, 1.165) is 17.5 Å². The molecule has 0 aliphatic carbocycles. The summed E-state index contributed by atoms with van der Waals surface area (Å²) in [6.45, 7) is 8.30. The van der Waals surface area contributed by atoms with Crippen molar-refractivity contribution in [3.8, 4) is 0 Å². The van der Waals surface area contributed by atoms with Gasteiger partial charge in [-0.1, -0.05) is 48.6 Å². The van der Waals surface area contributed by atoms with Crippen LogP contribution >= 0.6 is 22.6 Å². The maximum Gasteiger partial charge on any atom is 0.0502 e. The number of rotatable bonds is 10. The van der Waals surface area contributed by atoms with Crippen LogP contribution in [0.15, 0.2) is 25.1 Å². The van der Waals surface area contributed by atoms with E-state index in [1.54, 1.807) is 0 Å². The van der Waals surface area contributed by atoms with Gasteiger partial charge in [-0.25, -0.2) is 0 Å². The minimum atomic E-state index is 1.08. The van der Waals surface area contributed by atoms with Gasteiger partial charge >= 0.3 is 0 Å². The summed E-state index contributed by atoms with van der Waals surface area (Å²) in [7, 11) is 2.17. The predicted molar refractivity (Wildman–Crippen MR) is 81.7 cm³/mol. The van der Waals surface area contributed by atoms with Gasteiger partial charge in [0.2, 0.25) is 0 Å². The van der Waals surface area contributed by atoms with Crippen LogP contribution in [0.4, 0.5) is 0 Å². The van der Waals surface area contributed by atoms with Crippen LogP contribution in [0.1, 0.15) is 32.6 Å². The molecule has 0 fully saturated rings. The summed E-state index contributed by atoms with van der Waals surface area (Å²) >= 11 is 2.40. The summed E-state index contributed by atoms with van der Waals surface area (Å²) in [6, 6.07) is 0. The standard InChI is InChI=1S/C13H25IN2/c1-4-6-7-11-16(5-2)12-9-8-10-15(3)13-14/h5,7,11H,2,4,6,8-10,12-13H2,1,3H3/b11-7-. The number of hydrogen-bond acceptors (Lipinski definition) is 2. The minimum absolute atomic E-state index is 1.08. The lowest BCUT2D eigenvalue weighted by molar-refractivity contribution is 0.372. The van der Waals surface area contributed by atoms with E-state index in [9.17, 15) is 0 Å². The quantitative estimate of drug-likeness (QED) is 0.259. The summed E-state index contributed by atoms with van der Waals surface area (Å²) in [4.78, 5) is 4.52. The number of hydrogen-bond donors (Lipinski definition) is 0. The van der Waals surface area contributed by atoms with Gasteiger partial charge in [-0.2, -0.15) is 0 Å². The van der Waals surface area contributed by atoms with Crippen LogP contribution in [0, 0.1) is 0 Å². The Morgan fingerprint density at radius 2 is 1.94 bits per heavy atom. The van der Waals surface area contributed by atoms with Crippen molar-refractivity contribution in [2.24, 2.45) is 0 Å². The van der Waals surface area contributed by atoms with Gasteiger partial charge < -0.3 is 4.90 Å². The third-order valence-electron chi connectivity index (χ3n) is 2.40. The predicted octanol–water partition coefficient (Wildman–Crippen LogP) is 3.85. The Labute approximate surface area is 115 Å².